The molecule has 1 fully saturated rings. The maximum absolute atomic E-state index is 5.91. The molecular formula is C11H16N6. The van der Waals surface area contributed by atoms with Crippen LogP contribution < -0.4 is 5.73 Å². The molecule has 3 rings (SSSR count). The van der Waals surface area contributed by atoms with E-state index in [0.717, 1.165) is 23.4 Å². The molecule has 6 heteroatoms. The van der Waals surface area contributed by atoms with Crippen molar-refractivity contribution in [3.8, 4) is 0 Å². The first-order chi connectivity index (χ1) is 8.15. The Morgan fingerprint density at radius 3 is 2.94 bits per heavy atom. The molecule has 0 aromatic carbocycles. The number of hydrogen-bond donors (Lipinski definition) is 1. The van der Waals surface area contributed by atoms with Gasteiger partial charge in [0.2, 0.25) is 0 Å². The average molecular weight is 232 g/mol. The molecule has 0 saturated heterocycles. The Morgan fingerprint density at radius 1 is 1.47 bits per heavy atom. The van der Waals surface area contributed by atoms with Gasteiger partial charge in [0.1, 0.15) is 11.6 Å². The first-order valence-electron chi connectivity index (χ1n) is 5.79. The Balaban J connectivity index is 1.96. The van der Waals surface area contributed by atoms with Crippen molar-refractivity contribution in [2.75, 3.05) is 12.8 Å². The summed E-state index contributed by atoms with van der Waals surface area (Å²) >= 11 is 0. The molecule has 0 atom stereocenters. The van der Waals surface area contributed by atoms with Gasteiger partial charge < -0.3 is 5.73 Å². The van der Waals surface area contributed by atoms with E-state index >= 15 is 0 Å². The summed E-state index contributed by atoms with van der Waals surface area (Å²) < 4.78 is 1.73. The molecule has 2 N–H and O–H groups in total. The van der Waals surface area contributed by atoms with Crippen LogP contribution in [0.3, 0.4) is 0 Å². The minimum absolute atomic E-state index is 0.516. The summed E-state index contributed by atoms with van der Waals surface area (Å²) in [4.78, 5) is 11.1. The smallest absolute Gasteiger partial charge is 0.163 e. The molecule has 90 valence electrons. The largest absolute Gasteiger partial charge is 0.383 e. The number of nitrogens with zero attached hydrogens (tertiary/aromatic N) is 5. The molecule has 1 aliphatic rings. The van der Waals surface area contributed by atoms with Crippen molar-refractivity contribution in [3.63, 3.8) is 0 Å². The number of aryl methyl sites for hydroxylation is 1. The van der Waals surface area contributed by atoms with Crippen molar-refractivity contribution in [1.29, 1.82) is 0 Å². The van der Waals surface area contributed by atoms with Gasteiger partial charge in [-0.1, -0.05) is 0 Å². The molecule has 0 radical (unpaired) electrons. The molecule has 2 aromatic rings. The molecule has 0 bridgehead atoms. The normalized spacial score (nSPS) is 15.9. The van der Waals surface area contributed by atoms with Gasteiger partial charge in [0, 0.05) is 13.1 Å². The summed E-state index contributed by atoms with van der Waals surface area (Å²) in [5.41, 5.74) is 6.72. The molecular weight excluding hydrogens is 216 g/mol. The zero-order valence-electron chi connectivity index (χ0n) is 10.1. The topological polar surface area (TPSA) is 72.9 Å². The van der Waals surface area contributed by atoms with E-state index in [0.29, 0.717) is 11.9 Å². The predicted molar refractivity (Wildman–Crippen MR) is 65.2 cm³/mol. The lowest BCUT2D eigenvalue weighted by Gasteiger charge is -2.14. The molecule has 2 aromatic heterocycles. The highest BCUT2D eigenvalue weighted by Gasteiger charge is 2.26. The van der Waals surface area contributed by atoms with Gasteiger partial charge in [-0.2, -0.15) is 5.10 Å². The van der Waals surface area contributed by atoms with Crippen LogP contribution in [0.4, 0.5) is 5.82 Å². The second kappa shape index (κ2) is 3.66. The molecule has 2 heterocycles. The fourth-order valence-corrected chi connectivity index (χ4v) is 2.03. The van der Waals surface area contributed by atoms with E-state index in [2.05, 4.69) is 27.0 Å². The molecule has 0 unspecified atom stereocenters. The summed E-state index contributed by atoms with van der Waals surface area (Å²) in [5, 5.41) is 4.97. The molecule has 0 amide bonds. The van der Waals surface area contributed by atoms with Crippen molar-refractivity contribution in [1.82, 2.24) is 24.6 Å². The van der Waals surface area contributed by atoms with Crippen molar-refractivity contribution in [2.45, 2.75) is 25.4 Å². The number of hydrogen-bond acceptors (Lipinski definition) is 5. The fourth-order valence-electron chi connectivity index (χ4n) is 2.03. The quantitative estimate of drug-likeness (QED) is 0.836. The lowest BCUT2D eigenvalue weighted by atomic mass is 10.4. The Kier molecular flexibility index (Phi) is 2.25. The molecule has 1 saturated carbocycles. The van der Waals surface area contributed by atoms with Gasteiger partial charge >= 0.3 is 0 Å². The van der Waals surface area contributed by atoms with Gasteiger partial charge in [0.15, 0.2) is 5.65 Å². The van der Waals surface area contributed by atoms with E-state index in [1.54, 1.807) is 10.9 Å². The molecule has 17 heavy (non-hydrogen) atoms. The van der Waals surface area contributed by atoms with Crippen LogP contribution in [0, 0.1) is 0 Å². The molecule has 1 aliphatic carbocycles. The lowest BCUT2D eigenvalue weighted by molar-refractivity contribution is 0.308. The Labute approximate surface area is 99.4 Å². The van der Waals surface area contributed by atoms with Crippen LogP contribution in [0.15, 0.2) is 6.20 Å². The van der Waals surface area contributed by atoms with E-state index in [-0.39, 0.29) is 0 Å². The summed E-state index contributed by atoms with van der Waals surface area (Å²) in [6, 6.07) is 0.696. The first-order valence-corrected chi connectivity index (χ1v) is 5.79. The van der Waals surface area contributed by atoms with Crippen molar-refractivity contribution in [3.05, 3.63) is 12.0 Å². The number of fused-ring (bicyclic) bond motifs is 1. The third kappa shape index (κ3) is 1.84. The van der Waals surface area contributed by atoms with Crippen LogP contribution >= 0.6 is 0 Å². The SMILES string of the molecule is CN(Cc1nc(N)c2cnn(C)c2n1)C1CC1. The highest BCUT2D eigenvalue weighted by atomic mass is 15.3. The van der Waals surface area contributed by atoms with Gasteiger partial charge in [-0.05, 0) is 19.9 Å². The minimum Gasteiger partial charge on any atom is -0.383 e. The fraction of sp³-hybridized carbons (Fsp3) is 0.545. The zero-order valence-corrected chi connectivity index (χ0v) is 10.1. The van der Waals surface area contributed by atoms with Crippen molar-refractivity contribution in [2.24, 2.45) is 7.05 Å². The van der Waals surface area contributed by atoms with Crippen LogP contribution in [0.2, 0.25) is 0 Å². The second-order valence-electron chi connectivity index (χ2n) is 4.68. The Morgan fingerprint density at radius 2 is 2.24 bits per heavy atom. The summed E-state index contributed by atoms with van der Waals surface area (Å²) in [5.74, 6) is 1.29. The van der Waals surface area contributed by atoms with Gasteiger partial charge in [0.25, 0.3) is 0 Å². The number of nitrogens with two attached hydrogens (primary N) is 1. The van der Waals surface area contributed by atoms with Crippen molar-refractivity contribution < 1.29 is 0 Å². The third-order valence-electron chi connectivity index (χ3n) is 3.23. The van der Waals surface area contributed by atoms with Crippen LogP contribution in [0.5, 0.6) is 0 Å². The van der Waals surface area contributed by atoms with E-state index in [1.165, 1.54) is 12.8 Å². The zero-order chi connectivity index (χ0) is 12.0. The number of nitrogen functional groups attached to an aromatic ring is 1. The highest BCUT2D eigenvalue weighted by molar-refractivity contribution is 5.84. The summed E-state index contributed by atoms with van der Waals surface area (Å²) in [7, 11) is 3.97. The second-order valence-corrected chi connectivity index (χ2v) is 4.68. The predicted octanol–water partition coefficient (Wildman–Crippen LogP) is 0.540. The van der Waals surface area contributed by atoms with Crippen molar-refractivity contribution >= 4 is 16.9 Å². The average Bonchev–Trinajstić information content (AvgIpc) is 3.05. The van der Waals surface area contributed by atoms with E-state index in [9.17, 15) is 0 Å². The van der Waals surface area contributed by atoms with Crippen LogP contribution in [-0.2, 0) is 13.6 Å². The Hall–Kier alpha value is -1.69. The molecule has 0 spiro atoms. The number of aromatic nitrogens is 4. The van der Waals surface area contributed by atoms with Gasteiger partial charge in [0.05, 0.1) is 18.1 Å². The standard InChI is InChI=1S/C11H16N6/c1-16(7-3-4-7)6-9-14-10(12)8-5-13-17(2)11(8)15-9/h5,7H,3-4,6H2,1-2H3,(H2,12,14,15). The third-order valence-corrected chi connectivity index (χ3v) is 3.23. The number of rotatable bonds is 3. The molecule has 0 aliphatic heterocycles. The molecule has 6 nitrogen and oxygen atoms in total. The minimum atomic E-state index is 0.516. The first kappa shape index (κ1) is 10.5. The van der Waals surface area contributed by atoms with Crippen LogP contribution in [0.25, 0.3) is 11.0 Å². The summed E-state index contributed by atoms with van der Waals surface area (Å²) in [6.45, 7) is 0.746. The van der Waals surface area contributed by atoms with Crippen LogP contribution in [-0.4, -0.2) is 37.7 Å². The van der Waals surface area contributed by atoms with Gasteiger partial charge in [-0.15, -0.1) is 0 Å². The van der Waals surface area contributed by atoms with E-state index < -0.39 is 0 Å². The number of anilines is 1. The van der Waals surface area contributed by atoms with Crippen LogP contribution in [0.1, 0.15) is 18.7 Å². The van der Waals surface area contributed by atoms with Gasteiger partial charge in [-0.25, -0.2) is 9.97 Å². The van der Waals surface area contributed by atoms with E-state index in [4.69, 9.17) is 5.73 Å². The maximum atomic E-state index is 5.91. The monoisotopic (exact) mass is 232 g/mol. The highest BCUT2D eigenvalue weighted by Crippen LogP contribution is 2.26. The summed E-state index contributed by atoms with van der Waals surface area (Å²) in [6.07, 6.45) is 4.26. The maximum Gasteiger partial charge on any atom is 0.163 e. The lowest BCUT2D eigenvalue weighted by Crippen LogP contribution is -2.21. The van der Waals surface area contributed by atoms with Gasteiger partial charge in [-0.3, -0.25) is 9.58 Å². The van der Waals surface area contributed by atoms with E-state index in [1.807, 2.05) is 7.05 Å². The Bertz CT molecular complexity index is 556.